The Morgan fingerprint density at radius 1 is 1.12 bits per heavy atom. The first kappa shape index (κ1) is 22.2. The Morgan fingerprint density at radius 2 is 1.94 bits per heavy atom. The number of methoxy groups -OCH3 is 1. The standard InChI is InChI=1S/C22H22N6O4S/c1-14(2)28-11-8-20(26-28)33(30,31)27-22(29)25-21-17(16-7-10-24-19(12-16)32-3)5-4-15-6-9-23-13-18(15)21/h4-14H,1-3H3,(H2,25,27,29). The molecule has 0 atom stereocenters. The van der Waals surface area contributed by atoms with Crippen LogP contribution in [0.25, 0.3) is 21.9 Å². The second kappa shape index (κ2) is 8.87. The first-order valence-electron chi connectivity index (χ1n) is 10.0. The van der Waals surface area contributed by atoms with Gasteiger partial charge in [-0.05, 0) is 43.0 Å². The minimum atomic E-state index is -4.17. The number of hydrogen-bond donors (Lipinski definition) is 2. The highest BCUT2D eigenvalue weighted by Crippen LogP contribution is 2.35. The second-order valence-corrected chi connectivity index (χ2v) is 9.09. The number of sulfonamides is 1. The highest BCUT2D eigenvalue weighted by atomic mass is 32.2. The quantitative estimate of drug-likeness (QED) is 0.444. The van der Waals surface area contributed by atoms with E-state index in [1.807, 2.05) is 30.7 Å². The van der Waals surface area contributed by atoms with E-state index in [0.717, 1.165) is 10.9 Å². The van der Waals surface area contributed by atoms with Crippen molar-refractivity contribution in [2.45, 2.75) is 24.9 Å². The number of carbonyl (C=O) groups excluding carboxylic acids is 1. The van der Waals surface area contributed by atoms with Crippen molar-refractivity contribution in [2.24, 2.45) is 0 Å². The summed E-state index contributed by atoms with van der Waals surface area (Å²) in [5.41, 5.74) is 1.77. The lowest BCUT2D eigenvalue weighted by atomic mass is 10.00. The molecule has 4 aromatic rings. The average molecular weight is 467 g/mol. The predicted octanol–water partition coefficient (Wildman–Crippen LogP) is 3.59. The molecule has 0 spiro atoms. The monoisotopic (exact) mass is 466 g/mol. The van der Waals surface area contributed by atoms with Crippen LogP contribution in [-0.2, 0) is 10.0 Å². The van der Waals surface area contributed by atoms with Crippen molar-refractivity contribution in [3.05, 3.63) is 61.2 Å². The molecule has 0 fully saturated rings. The summed E-state index contributed by atoms with van der Waals surface area (Å²) in [6.45, 7) is 3.74. The Bertz CT molecular complexity index is 1430. The van der Waals surface area contributed by atoms with Gasteiger partial charge in [0.15, 0.2) is 5.03 Å². The topological polar surface area (TPSA) is 128 Å². The van der Waals surface area contributed by atoms with Crippen LogP contribution >= 0.6 is 0 Å². The number of urea groups is 1. The molecule has 0 bridgehead atoms. The third-order valence-corrected chi connectivity index (χ3v) is 6.15. The van der Waals surface area contributed by atoms with E-state index in [9.17, 15) is 13.2 Å². The average Bonchev–Trinajstić information content (AvgIpc) is 3.31. The normalized spacial score (nSPS) is 11.5. The van der Waals surface area contributed by atoms with Crippen LogP contribution in [0.15, 0.2) is 66.2 Å². The van der Waals surface area contributed by atoms with E-state index < -0.39 is 16.1 Å². The fraction of sp³-hybridized carbons (Fsp3) is 0.182. The van der Waals surface area contributed by atoms with Gasteiger partial charge in [0.05, 0.1) is 12.8 Å². The molecule has 1 aromatic carbocycles. The zero-order chi connectivity index (χ0) is 23.6. The summed E-state index contributed by atoms with van der Waals surface area (Å²) in [4.78, 5) is 21.1. The number of ether oxygens (including phenoxy) is 1. The van der Waals surface area contributed by atoms with Crippen molar-refractivity contribution in [3.8, 4) is 17.0 Å². The van der Waals surface area contributed by atoms with Crippen LogP contribution in [0.2, 0.25) is 0 Å². The number of carbonyl (C=O) groups is 1. The van der Waals surface area contributed by atoms with Gasteiger partial charge in [-0.2, -0.15) is 13.5 Å². The summed E-state index contributed by atoms with van der Waals surface area (Å²) >= 11 is 0. The molecule has 0 saturated heterocycles. The second-order valence-electron chi connectivity index (χ2n) is 7.46. The number of rotatable bonds is 6. The first-order valence-corrected chi connectivity index (χ1v) is 11.5. The van der Waals surface area contributed by atoms with Crippen LogP contribution in [0.3, 0.4) is 0 Å². The Hall–Kier alpha value is -3.99. The maximum atomic E-state index is 12.8. The SMILES string of the molecule is COc1cc(-c2ccc3ccncc3c2NC(=O)NS(=O)(=O)c2ccn(C(C)C)n2)ccn1. The van der Waals surface area contributed by atoms with Crippen LogP contribution in [0.1, 0.15) is 19.9 Å². The van der Waals surface area contributed by atoms with Crippen molar-refractivity contribution >= 4 is 32.5 Å². The van der Waals surface area contributed by atoms with Gasteiger partial charge in [0.25, 0.3) is 10.0 Å². The zero-order valence-corrected chi connectivity index (χ0v) is 19.0. The molecule has 0 unspecified atom stereocenters. The summed E-state index contributed by atoms with van der Waals surface area (Å²) in [7, 11) is -2.66. The van der Waals surface area contributed by atoms with Crippen molar-refractivity contribution in [2.75, 3.05) is 12.4 Å². The van der Waals surface area contributed by atoms with E-state index >= 15 is 0 Å². The van der Waals surface area contributed by atoms with Gasteiger partial charge in [-0.3, -0.25) is 9.67 Å². The number of amides is 2. The molecular formula is C22H22N6O4S. The molecule has 11 heteroatoms. The van der Waals surface area contributed by atoms with Crippen LogP contribution < -0.4 is 14.8 Å². The molecule has 0 aliphatic rings. The molecule has 3 aromatic heterocycles. The lowest BCUT2D eigenvalue weighted by Crippen LogP contribution is -2.34. The van der Waals surface area contributed by atoms with Crippen LogP contribution in [0.4, 0.5) is 10.5 Å². The molecule has 170 valence electrons. The number of aromatic nitrogens is 4. The lowest BCUT2D eigenvalue weighted by Gasteiger charge is -2.15. The third-order valence-electron chi connectivity index (χ3n) is 4.93. The highest BCUT2D eigenvalue weighted by molar-refractivity contribution is 7.90. The fourth-order valence-corrected chi connectivity index (χ4v) is 4.13. The molecule has 0 aliphatic heterocycles. The molecular weight excluding hydrogens is 444 g/mol. The lowest BCUT2D eigenvalue weighted by molar-refractivity contribution is 0.256. The number of nitrogens with one attached hydrogen (secondary N) is 2. The number of fused-ring (bicyclic) bond motifs is 1. The molecule has 2 N–H and O–H groups in total. The van der Waals surface area contributed by atoms with Crippen LogP contribution in [0, 0.1) is 0 Å². The molecule has 3 heterocycles. The molecule has 33 heavy (non-hydrogen) atoms. The molecule has 0 saturated carbocycles. The Kier molecular flexibility index (Phi) is 5.97. The van der Waals surface area contributed by atoms with Crippen LogP contribution in [-0.4, -0.2) is 41.3 Å². The zero-order valence-electron chi connectivity index (χ0n) is 18.2. The maximum absolute atomic E-state index is 12.8. The fourth-order valence-electron chi connectivity index (χ4n) is 3.29. The van der Waals surface area contributed by atoms with Gasteiger partial charge in [-0.15, -0.1) is 0 Å². The number of nitrogens with zero attached hydrogens (tertiary/aromatic N) is 4. The molecule has 2 amide bonds. The molecule has 0 radical (unpaired) electrons. The van der Waals surface area contributed by atoms with Gasteiger partial charge in [0, 0.05) is 47.8 Å². The summed E-state index contributed by atoms with van der Waals surface area (Å²) in [6, 6.07) is 9.38. The summed E-state index contributed by atoms with van der Waals surface area (Å²) < 4.78 is 34.1. The summed E-state index contributed by atoms with van der Waals surface area (Å²) in [6.07, 6.45) is 6.37. The van der Waals surface area contributed by atoms with Crippen molar-refractivity contribution < 1.29 is 17.9 Å². The van der Waals surface area contributed by atoms with E-state index in [1.54, 1.807) is 43.0 Å². The van der Waals surface area contributed by atoms with Gasteiger partial charge in [0.1, 0.15) is 0 Å². The Labute approximate surface area is 190 Å². The number of benzene rings is 1. The molecule has 0 aliphatic carbocycles. The smallest absolute Gasteiger partial charge is 0.333 e. The minimum absolute atomic E-state index is 0.0223. The van der Waals surface area contributed by atoms with Gasteiger partial charge in [-0.1, -0.05) is 12.1 Å². The van der Waals surface area contributed by atoms with Gasteiger partial charge in [-0.25, -0.2) is 14.5 Å². The van der Waals surface area contributed by atoms with Crippen molar-refractivity contribution in [1.82, 2.24) is 24.5 Å². The van der Waals surface area contributed by atoms with Gasteiger partial charge >= 0.3 is 6.03 Å². The van der Waals surface area contributed by atoms with E-state index in [2.05, 4.69) is 20.4 Å². The maximum Gasteiger partial charge on any atom is 0.333 e. The van der Waals surface area contributed by atoms with Gasteiger partial charge in [0.2, 0.25) is 5.88 Å². The van der Waals surface area contributed by atoms with Crippen molar-refractivity contribution in [1.29, 1.82) is 0 Å². The Morgan fingerprint density at radius 3 is 2.67 bits per heavy atom. The minimum Gasteiger partial charge on any atom is -0.481 e. The molecule has 10 nitrogen and oxygen atoms in total. The summed E-state index contributed by atoms with van der Waals surface area (Å²) in [5.74, 6) is 0.400. The van der Waals surface area contributed by atoms with Gasteiger partial charge < -0.3 is 10.1 Å². The predicted molar refractivity (Wildman–Crippen MR) is 123 cm³/mol. The number of hydrogen-bond acceptors (Lipinski definition) is 7. The Balaban J connectivity index is 1.70. The van der Waals surface area contributed by atoms with Crippen LogP contribution in [0.5, 0.6) is 5.88 Å². The third kappa shape index (κ3) is 4.62. The number of anilines is 1. The largest absolute Gasteiger partial charge is 0.481 e. The van der Waals surface area contributed by atoms with E-state index in [0.29, 0.717) is 22.5 Å². The number of pyridine rings is 2. The van der Waals surface area contributed by atoms with E-state index in [4.69, 9.17) is 4.74 Å². The van der Waals surface area contributed by atoms with Crippen molar-refractivity contribution in [3.63, 3.8) is 0 Å². The molecule has 4 rings (SSSR count). The van der Waals surface area contributed by atoms with E-state index in [1.165, 1.54) is 17.9 Å². The summed E-state index contributed by atoms with van der Waals surface area (Å²) in [5, 5.41) is 7.93. The first-order chi connectivity index (χ1) is 15.8. The van der Waals surface area contributed by atoms with E-state index in [-0.39, 0.29) is 11.1 Å². The highest BCUT2D eigenvalue weighted by Gasteiger charge is 2.22.